The van der Waals surface area contributed by atoms with Gasteiger partial charge in [-0.15, -0.1) is 0 Å². The van der Waals surface area contributed by atoms with E-state index in [0.29, 0.717) is 0 Å². The average molecular weight is 329 g/mol. The standard InChI is InChI=1S/C12H27N.Mo.3O/c1-2-3-4-5-6-7-8-9-10-11-12-13;;;;/h2-13H2,1H3;;;;/q;+6;3*-2. The summed E-state index contributed by atoms with van der Waals surface area (Å²) >= 11 is 0. The van der Waals surface area contributed by atoms with Gasteiger partial charge in [-0.3, -0.25) is 0 Å². The third-order valence-corrected chi connectivity index (χ3v) is 2.56. The predicted octanol–water partition coefficient (Wildman–Crippen LogP) is 3.51. The van der Waals surface area contributed by atoms with E-state index >= 15 is 0 Å². The van der Waals surface area contributed by atoms with E-state index in [4.69, 9.17) is 5.73 Å². The first kappa shape index (κ1) is 30.5. The van der Waals surface area contributed by atoms with Gasteiger partial charge in [0.2, 0.25) is 0 Å². The molecule has 0 aliphatic heterocycles. The first-order valence-electron chi connectivity index (χ1n) is 6.12. The fourth-order valence-corrected chi connectivity index (χ4v) is 1.63. The van der Waals surface area contributed by atoms with Gasteiger partial charge in [0.1, 0.15) is 0 Å². The molecule has 104 valence electrons. The van der Waals surface area contributed by atoms with Crippen molar-refractivity contribution in [2.75, 3.05) is 6.54 Å². The van der Waals surface area contributed by atoms with Gasteiger partial charge in [-0.1, -0.05) is 64.7 Å². The molecule has 0 bridgehead atoms. The molecular formula is C12H27MoNO3. The number of rotatable bonds is 10. The topological polar surface area (TPSA) is 112 Å². The molecule has 0 rings (SSSR count). The van der Waals surface area contributed by atoms with Crippen LogP contribution < -0.4 is 5.73 Å². The zero-order chi connectivity index (χ0) is 9.78. The molecule has 5 heteroatoms. The van der Waals surface area contributed by atoms with Crippen LogP contribution in [0.5, 0.6) is 0 Å². The van der Waals surface area contributed by atoms with Crippen molar-refractivity contribution in [2.45, 2.75) is 71.1 Å². The molecule has 0 unspecified atom stereocenters. The van der Waals surface area contributed by atoms with Crippen LogP contribution in [0.2, 0.25) is 0 Å². The Morgan fingerprint density at radius 1 is 0.588 bits per heavy atom. The quantitative estimate of drug-likeness (QED) is 0.480. The minimum Gasteiger partial charge on any atom is -2.00 e. The van der Waals surface area contributed by atoms with E-state index in [2.05, 4.69) is 6.92 Å². The van der Waals surface area contributed by atoms with Gasteiger partial charge in [0, 0.05) is 0 Å². The largest absolute Gasteiger partial charge is 6.00 e. The molecule has 0 aliphatic rings. The summed E-state index contributed by atoms with van der Waals surface area (Å²) in [5.74, 6) is 0. The number of nitrogens with two attached hydrogens (primary N) is 1. The first-order valence-corrected chi connectivity index (χ1v) is 6.12. The summed E-state index contributed by atoms with van der Waals surface area (Å²) in [7, 11) is 0. The van der Waals surface area contributed by atoms with Gasteiger partial charge in [0.25, 0.3) is 0 Å². The molecule has 0 aromatic carbocycles. The van der Waals surface area contributed by atoms with Crippen molar-refractivity contribution in [2.24, 2.45) is 5.73 Å². The van der Waals surface area contributed by atoms with E-state index < -0.39 is 0 Å². The molecule has 0 saturated carbocycles. The fraction of sp³-hybridized carbons (Fsp3) is 1.00. The van der Waals surface area contributed by atoms with Crippen molar-refractivity contribution >= 4 is 0 Å². The van der Waals surface area contributed by atoms with Crippen molar-refractivity contribution in [3.05, 3.63) is 0 Å². The van der Waals surface area contributed by atoms with E-state index in [-0.39, 0.29) is 37.5 Å². The molecule has 0 radical (unpaired) electrons. The van der Waals surface area contributed by atoms with Crippen molar-refractivity contribution in [1.82, 2.24) is 0 Å². The molecule has 2 N–H and O–H groups in total. The van der Waals surface area contributed by atoms with Crippen LogP contribution in [0.25, 0.3) is 0 Å². The zero-order valence-corrected chi connectivity index (χ0v) is 13.0. The summed E-state index contributed by atoms with van der Waals surface area (Å²) < 4.78 is 0. The van der Waals surface area contributed by atoms with Gasteiger partial charge in [-0.2, -0.15) is 0 Å². The smallest absolute Gasteiger partial charge is 2.00 e. The number of unbranched alkanes of at least 4 members (excludes halogenated alkanes) is 9. The Kier molecular flexibility index (Phi) is 53.8. The maximum Gasteiger partial charge on any atom is 6.00 e. The minimum atomic E-state index is 0. The van der Waals surface area contributed by atoms with Gasteiger partial charge in [0.05, 0.1) is 0 Å². The summed E-state index contributed by atoms with van der Waals surface area (Å²) in [6.07, 6.45) is 13.9. The molecule has 0 fully saturated rings. The van der Waals surface area contributed by atoms with Gasteiger partial charge < -0.3 is 22.2 Å². The van der Waals surface area contributed by atoms with Crippen LogP contribution in [0.1, 0.15) is 71.1 Å². The molecule has 17 heavy (non-hydrogen) atoms. The van der Waals surface area contributed by atoms with Crippen LogP contribution in [0.15, 0.2) is 0 Å². The van der Waals surface area contributed by atoms with Gasteiger partial charge in [0.15, 0.2) is 0 Å². The summed E-state index contributed by atoms with van der Waals surface area (Å²) in [6, 6.07) is 0. The second-order valence-electron chi connectivity index (χ2n) is 3.97. The average Bonchev–Trinajstić information content (AvgIpc) is 2.16. The van der Waals surface area contributed by atoms with E-state index in [0.717, 1.165) is 6.54 Å². The van der Waals surface area contributed by atoms with Crippen molar-refractivity contribution in [3.63, 3.8) is 0 Å². The van der Waals surface area contributed by atoms with Crippen LogP contribution in [-0.4, -0.2) is 6.54 Å². The third-order valence-electron chi connectivity index (χ3n) is 2.56. The summed E-state index contributed by atoms with van der Waals surface area (Å²) in [5, 5.41) is 0. The molecule has 0 amide bonds. The summed E-state index contributed by atoms with van der Waals surface area (Å²) in [5.41, 5.74) is 5.42. The monoisotopic (exact) mass is 331 g/mol. The van der Waals surface area contributed by atoms with Crippen LogP contribution in [0, 0.1) is 0 Å². The van der Waals surface area contributed by atoms with Crippen molar-refractivity contribution in [1.29, 1.82) is 0 Å². The maximum atomic E-state index is 5.42. The van der Waals surface area contributed by atoms with E-state index in [1.54, 1.807) is 0 Å². The molecule has 0 aliphatic carbocycles. The molecule has 0 saturated heterocycles. The maximum absolute atomic E-state index is 5.42. The molecule has 0 heterocycles. The second kappa shape index (κ2) is 30.0. The van der Waals surface area contributed by atoms with Crippen molar-refractivity contribution in [3.8, 4) is 0 Å². The van der Waals surface area contributed by atoms with Crippen LogP contribution >= 0.6 is 0 Å². The zero-order valence-electron chi connectivity index (χ0n) is 11.0. The Bertz CT molecular complexity index is 87.8. The van der Waals surface area contributed by atoms with Crippen LogP contribution in [0.3, 0.4) is 0 Å². The van der Waals surface area contributed by atoms with Gasteiger partial charge >= 0.3 is 21.1 Å². The molecule has 0 atom stereocenters. The van der Waals surface area contributed by atoms with E-state index in [1.165, 1.54) is 64.2 Å². The van der Waals surface area contributed by atoms with Crippen molar-refractivity contribution < 1.29 is 37.5 Å². The Labute approximate surface area is 121 Å². The molecule has 4 nitrogen and oxygen atoms in total. The molecule has 0 aromatic rings. The van der Waals surface area contributed by atoms with Gasteiger partial charge in [-0.05, 0) is 13.0 Å². The summed E-state index contributed by atoms with van der Waals surface area (Å²) in [4.78, 5) is 0. The Hall–Kier alpha value is 0.528. The molecular weight excluding hydrogens is 302 g/mol. The minimum absolute atomic E-state index is 0. The first-order chi connectivity index (χ1) is 6.41. The van der Waals surface area contributed by atoms with Gasteiger partial charge in [-0.25, -0.2) is 0 Å². The van der Waals surface area contributed by atoms with E-state index in [9.17, 15) is 0 Å². The fourth-order valence-electron chi connectivity index (χ4n) is 1.63. The normalized spacial score (nSPS) is 8.12. The molecule has 0 spiro atoms. The van der Waals surface area contributed by atoms with Crippen LogP contribution in [0.4, 0.5) is 0 Å². The summed E-state index contributed by atoms with van der Waals surface area (Å²) in [6.45, 7) is 3.14. The third kappa shape index (κ3) is 31.5. The Morgan fingerprint density at radius 3 is 1.18 bits per heavy atom. The SMILES string of the molecule is CCCCCCCCCCCCN.[Mo+6].[O-2].[O-2].[O-2]. The Balaban J connectivity index is -0.000000120. The molecule has 0 aromatic heterocycles. The predicted molar refractivity (Wildman–Crippen MR) is 63.0 cm³/mol. The number of hydrogen-bond acceptors (Lipinski definition) is 1. The Morgan fingerprint density at radius 2 is 0.882 bits per heavy atom. The van der Waals surface area contributed by atoms with E-state index in [1.807, 2.05) is 0 Å². The van der Waals surface area contributed by atoms with Crippen LogP contribution in [-0.2, 0) is 37.5 Å². The second-order valence-corrected chi connectivity index (χ2v) is 3.97. The number of hydrogen-bond donors (Lipinski definition) is 1.